The van der Waals surface area contributed by atoms with Gasteiger partial charge in [-0.25, -0.2) is 5.43 Å². The summed E-state index contributed by atoms with van der Waals surface area (Å²) in [5.41, 5.74) is 3.33. The zero-order valence-corrected chi connectivity index (χ0v) is 13.6. The minimum absolute atomic E-state index is 0.119. The molecule has 126 valence electrons. The van der Waals surface area contributed by atoms with E-state index < -0.39 is 5.91 Å². The number of nitriles is 1. The summed E-state index contributed by atoms with van der Waals surface area (Å²) in [6.07, 6.45) is 1.43. The maximum Gasteiger partial charge on any atom is 0.277 e. The number of fused-ring (bicyclic) bond motifs is 1. The van der Waals surface area contributed by atoms with Crippen molar-refractivity contribution in [2.24, 2.45) is 5.10 Å². The molecule has 7 nitrogen and oxygen atoms in total. The number of hydrogen-bond acceptors (Lipinski definition) is 6. The summed E-state index contributed by atoms with van der Waals surface area (Å²) in [7, 11) is 0. The van der Waals surface area contributed by atoms with E-state index in [-0.39, 0.29) is 13.4 Å². The van der Waals surface area contributed by atoms with Gasteiger partial charge < -0.3 is 14.2 Å². The molecule has 0 radical (unpaired) electrons. The molecular weight excluding hydrogens is 346 g/mol. The molecule has 0 spiro atoms. The van der Waals surface area contributed by atoms with Crippen LogP contribution in [0, 0.1) is 11.3 Å². The Hall–Kier alpha value is -3.24. The van der Waals surface area contributed by atoms with Gasteiger partial charge in [0.25, 0.3) is 5.91 Å². The summed E-state index contributed by atoms with van der Waals surface area (Å²) in [6.45, 7) is -0.147. The van der Waals surface area contributed by atoms with Gasteiger partial charge in [0.1, 0.15) is 11.8 Å². The Labute approximate surface area is 148 Å². The summed E-state index contributed by atoms with van der Waals surface area (Å²) < 4.78 is 15.8. The number of para-hydroxylation sites is 1. The first-order chi connectivity index (χ1) is 12.2. The molecule has 25 heavy (non-hydrogen) atoms. The summed E-state index contributed by atoms with van der Waals surface area (Å²) in [6, 6.07) is 12.0. The number of ether oxygens (including phenoxy) is 3. The largest absolute Gasteiger partial charge is 0.482 e. The minimum Gasteiger partial charge on any atom is -0.482 e. The molecule has 1 aliphatic heterocycles. The third-order valence-electron chi connectivity index (χ3n) is 3.22. The van der Waals surface area contributed by atoms with Gasteiger partial charge in [0, 0.05) is 0 Å². The van der Waals surface area contributed by atoms with E-state index in [2.05, 4.69) is 10.5 Å². The summed E-state index contributed by atoms with van der Waals surface area (Å²) in [5, 5.41) is 13.2. The van der Waals surface area contributed by atoms with E-state index in [1.54, 1.807) is 36.4 Å². The monoisotopic (exact) mass is 357 g/mol. The lowest BCUT2D eigenvalue weighted by Crippen LogP contribution is -2.24. The van der Waals surface area contributed by atoms with Crippen LogP contribution < -0.4 is 19.6 Å². The van der Waals surface area contributed by atoms with Gasteiger partial charge in [0.2, 0.25) is 6.79 Å². The molecule has 1 amide bonds. The second kappa shape index (κ2) is 7.55. The van der Waals surface area contributed by atoms with Crippen LogP contribution in [0.15, 0.2) is 41.5 Å². The third kappa shape index (κ3) is 4.00. The van der Waals surface area contributed by atoms with Gasteiger partial charge in [-0.05, 0) is 29.8 Å². The van der Waals surface area contributed by atoms with E-state index in [1.807, 2.05) is 6.07 Å². The molecule has 1 aliphatic rings. The second-order valence-corrected chi connectivity index (χ2v) is 5.33. The molecule has 8 heteroatoms. The fourth-order valence-corrected chi connectivity index (χ4v) is 2.37. The molecule has 2 aromatic carbocycles. The Kier molecular flexibility index (Phi) is 5.02. The Morgan fingerprint density at radius 3 is 3.08 bits per heavy atom. The van der Waals surface area contributed by atoms with Crippen molar-refractivity contribution >= 4 is 23.7 Å². The van der Waals surface area contributed by atoms with Crippen molar-refractivity contribution < 1.29 is 19.0 Å². The quantitative estimate of drug-likeness (QED) is 0.655. The molecular formula is C17H12ClN3O4. The molecule has 0 saturated carbocycles. The minimum atomic E-state index is -0.462. The van der Waals surface area contributed by atoms with E-state index in [4.69, 9.17) is 31.1 Å². The maximum absolute atomic E-state index is 11.8. The second-order valence-electron chi connectivity index (χ2n) is 4.93. The Morgan fingerprint density at radius 2 is 2.24 bits per heavy atom. The van der Waals surface area contributed by atoms with E-state index in [9.17, 15) is 4.79 Å². The number of halogens is 1. The van der Waals surface area contributed by atoms with Crippen LogP contribution in [0.2, 0.25) is 5.02 Å². The van der Waals surface area contributed by atoms with Crippen LogP contribution in [0.3, 0.4) is 0 Å². The Bertz CT molecular complexity index is 877. The van der Waals surface area contributed by atoms with Crippen LogP contribution in [0.1, 0.15) is 11.1 Å². The fraction of sp³-hybridized carbons (Fsp3) is 0.118. The van der Waals surface area contributed by atoms with E-state index in [0.29, 0.717) is 33.4 Å². The first-order valence-electron chi connectivity index (χ1n) is 7.20. The van der Waals surface area contributed by atoms with Crippen LogP contribution >= 0.6 is 11.6 Å². The SMILES string of the molecule is N#Cc1ccccc1OCC(=O)N/N=C\c1cc(Cl)c2c(c1)OCO2. The number of carbonyl (C=O) groups is 1. The van der Waals surface area contributed by atoms with Crippen LogP contribution in [0.4, 0.5) is 0 Å². The predicted molar refractivity (Wildman–Crippen MR) is 90.0 cm³/mol. The number of benzene rings is 2. The summed E-state index contributed by atoms with van der Waals surface area (Å²) in [4.78, 5) is 11.8. The molecule has 0 aliphatic carbocycles. The maximum atomic E-state index is 11.8. The topological polar surface area (TPSA) is 92.9 Å². The first-order valence-corrected chi connectivity index (χ1v) is 7.58. The van der Waals surface area contributed by atoms with Crippen molar-refractivity contribution in [3.05, 3.63) is 52.5 Å². The van der Waals surface area contributed by atoms with E-state index >= 15 is 0 Å². The highest BCUT2D eigenvalue weighted by Gasteiger charge is 2.17. The molecule has 0 saturated heterocycles. The first kappa shape index (κ1) is 16.6. The number of nitrogens with one attached hydrogen (secondary N) is 1. The van der Waals surface area contributed by atoms with Crippen molar-refractivity contribution in [1.29, 1.82) is 5.26 Å². The highest BCUT2D eigenvalue weighted by Crippen LogP contribution is 2.39. The van der Waals surface area contributed by atoms with E-state index in [0.717, 1.165) is 0 Å². The number of hydrazone groups is 1. The molecule has 0 atom stereocenters. The lowest BCUT2D eigenvalue weighted by atomic mass is 10.2. The van der Waals surface area contributed by atoms with Crippen molar-refractivity contribution in [3.8, 4) is 23.3 Å². The van der Waals surface area contributed by atoms with Gasteiger partial charge in [0.15, 0.2) is 18.1 Å². The highest BCUT2D eigenvalue weighted by atomic mass is 35.5. The van der Waals surface area contributed by atoms with Crippen molar-refractivity contribution in [2.45, 2.75) is 0 Å². The van der Waals surface area contributed by atoms with Gasteiger partial charge in [-0.3, -0.25) is 4.79 Å². The highest BCUT2D eigenvalue weighted by molar-refractivity contribution is 6.32. The zero-order valence-electron chi connectivity index (χ0n) is 12.9. The molecule has 2 aromatic rings. The molecule has 3 rings (SSSR count). The molecule has 1 N–H and O–H groups in total. The fourth-order valence-electron chi connectivity index (χ4n) is 2.10. The van der Waals surface area contributed by atoms with Gasteiger partial charge >= 0.3 is 0 Å². The van der Waals surface area contributed by atoms with Gasteiger partial charge in [-0.2, -0.15) is 10.4 Å². The molecule has 1 heterocycles. The number of rotatable bonds is 5. The lowest BCUT2D eigenvalue weighted by molar-refractivity contribution is -0.123. The lowest BCUT2D eigenvalue weighted by Gasteiger charge is -2.06. The number of carbonyl (C=O) groups excluding carboxylic acids is 1. The molecule has 0 unspecified atom stereocenters. The van der Waals surface area contributed by atoms with Gasteiger partial charge in [-0.1, -0.05) is 23.7 Å². The molecule has 0 aromatic heterocycles. The zero-order chi connectivity index (χ0) is 17.6. The van der Waals surface area contributed by atoms with Gasteiger partial charge in [0.05, 0.1) is 16.8 Å². The third-order valence-corrected chi connectivity index (χ3v) is 3.50. The van der Waals surface area contributed by atoms with Crippen molar-refractivity contribution in [2.75, 3.05) is 13.4 Å². The normalized spacial score (nSPS) is 12.0. The Morgan fingerprint density at radius 1 is 1.40 bits per heavy atom. The summed E-state index contributed by atoms with van der Waals surface area (Å²) in [5.74, 6) is 0.895. The van der Waals surface area contributed by atoms with Crippen LogP contribution in [-0.2, 0) is 4.79 Å². The number of nitrogens with zero attached hydrogens (tertiary/aromatic N) is 2. The summed E-state index contributed by atoms with van der Waals surface area (Å²) >= 11 is 6.06. The van der Waals surface area contributed by atoms with E-state index in [1.165, 1.54) is 6.21 Å². The van der Waals surface area contributed by atoms with Crippen LogP contribution in [0.25, 0.3) is 0 Å². The predicted octanol–water partition coefficient (Wildman–Crippen LogP) is 2.47. The van der Waals surface area contributed by atoms with Crippen LogP contribution in [0.5, 0.6) is 17.2 Å². The van der Waals surface area contributed by atoms with Crippen LogP contribution in [-0.4, -0.2) is 25.5 Å². The number of amides is 1. The standard InChI is InChI=1S/C17H12ClN3O4/c18-13-5-11(6-15-17(13)25-10-24-15)8-20-21-16(22)9-23-14-4-2-1-3-12(14)7-19/h1-6,8H,9-10H2,(H,21,22)/b20-8-. The van der Waals surface area contributed by atoms with Crippen molar-refractivity contribution in [3.63, 3.8) is 0 Å². The van der Waals surface area contributed by atoms with Gasteiger partial charge in [-0.15, -0.1) is 0 Å². The average molecular weight is 358 g/mol. The molecule has 0 fully saturated rings. The van der Waals surface area contributed by atoms with Crippen molar-refractivity contribution in [1.82, 2.24) is 5.43 Å². The smallest absolute Gasteiger partial charge is 0.277 e. The number of hydrogen-bond donors (Lipinski definition) is 1. The average Bonchev–Trinajstić information content (AvgIpc) is 3.09. The molecule has 0 bridgehead atoms. The Balaban J connectivity index is 1.55.